The van der Waals surface area contributed by atoms with Crippen LogP contribution in [0.1, 0.15) is 67.8 Å². The Morgan fingerprint density at radius 2 is 1.60 bits per heavy atom. The topological polar surface area (TPSA) is 90.5 Å². The van der Waals surface area contributed by atoms with Gasteiger partial charge in [-0.1, -0.05) is 37.0 Å². The lowest BCUT2D eigenvalue weighted by Gasteiger charge is -2.34. The van der Waals surface area contributed by atoms with Crippen molar-refractivity contribution in [3.8, 4) is 0 Å². The summed E-state index contributed by atoms with van der Waals surface area (Å²) in [5, 5.41) is 8.94. The van der Waals surface area contributed by atoms with Crippen molar-refractivity contribution >= 4 is 17.8 Å². The molecule has 1 unspecified atom stereocenters. The fourth-order valence-electron chi connectivity index (χ4n) is 4.31. The number of nitrogens with zero attached hydrogens (tertiary/aromatic N) is 1. The van der Waals surface area contributed by atoms with Crippen LogP contribution in [-0.4, -0.2) is 54.0 Å². The molecule has 0 aromatic heterocycles. The molecule has 1 saturated heterocycles. The molecule has 3 rings (SSSR count). The van der Waals surface area contributed by atoms with Gasteiger partial charge in [-0.2, -0.15) is 0 Å². The van der Waals surface area contributed by atoms with E-state index in [9.17, 15) is 14.4 Å². The van der Waals surface area contributed by atoms with Crippen molar-refractivity contribution in [2.45, 2.75) is 76.9 Å². The Labute approximate surface area is 179 Å². The van der Waals surface area contributed by atoms with Crippen molar-refractivity contribution < 1.29 is 14.4 Å². The summed E-state index contributed by atoms with van der Waals surface area (Å²) < 4.78 is 0. The third-order valence-electron chi connectivity index (χ3n) is 6.08. The number of rotatable bonds is 5. The van der Waals surface area contributed by atoms with Crippen molar-refractivity contribution in [2.75, 3.05) is 13.1 Å². The molecule has 0 spiro atoms. The zero-order chi connectivity index (χ0) is 21.5. The molecule has 2 fully saturated rings. The molecule has 7 nitrogen and oxygen atoms in total. The van der Waals surface area contributed by atoms with E-state index in [0.29, 0.717) is 24.7 Å². The number of amides is 4. The molecule has 0 radical (unpaired) electrons. The molecular weight excluding hydrogens is 380 g/mol. The summed E-state index contributed by atoms with van der Waals surface area (Å²) in [6.45, 7) is 4.81. The monoisotopic (exact) mass is 414 g/mol. The molecule has 1 heterocycles. The summed E-state index contributed by atoms with van der Waals surface area (Å²) in [6, 6.07) is 7.00. The SMILES string of the molecule is Cc1cccc(C(=O)NC(C)C(=O)N2CCC(NC(=O)NC3CCCCC3)CC2)c1. The first-order chi connectivity index (χ1) is 14.4. The normalized spacial score (nSPS) is 19.1. The maximum Gasteiger partial charge on any atom is 0.315 e. The minimum absolute atomic E-state index is 0.0785. The molecule has 1 atom stereocenters. The van der Waals surface area contributed by atoms with Crippen LogP contribution in [0.2, 0.25) is 0 Å². The van der Waals surface area contributed by atoms with Crippen molar-refractivity contribution in [2.24, 2.45) is 0 Å². The fraction of sp³-hybridized carbons (Fsp3) is 0.609. The van der Waals surface area contributed by atoms with Gasteiger partial charge in [-0.05, 0) is 51.7 Å². The van der Waals surface area contributed by atoms with Crippen LogP contribution in [0.4, 0.5) is 4.79 Å². The highest BCUT2D eigenvalue weighted by molar-refractivity contribution is 5.97. The van der Waals surface area contributed by atoms with Crippen LogP contribution >= 0.6 is 0 Å². The van der Waals surface area contributed by atoms with Gasteiger partial charge < -0.3 is 20.9 Å². The van der Waals surface area contributed by atoms with E-state index in [1.807, 2.05) is 25.1 Å². The summed E-state index contributed by atoms with van der Waals surface area (Å²) >= 11 is 0. The van der Waals surface area contributed by atoms with Crippen LogP contribution in [0.25, 0.3) is 0 Å². The smallest absolute Gasteiger partial charge is 0.315 e. The van der Waals surface area contributed by atoms with Gasteiger partial charge >= 0.3 is 6.03 Å². The third kappa shape index (κ3) is 6.21. The van der Waals surface area contributed by atoms with Crippen molar-refractivity contribution in [1.29, 1.82) is 0 Å². The number of benzene rings is 1. The predicted molar refractivity (Wildman–Crippen MR) is 116 cm³/mol. The summed E-state index contributed by atoms with van der Waals surface area (Å²) in [5.74, 6) is -0.323. The van der Waals surface area contributed by atoms with Gasteiger partial charge in [0.15, 0.2) is 0 Å². The Morgan fingerprint density at radius 3 is 2.23 bits per heavy atom. The lowest BCUT2D eigenvalue weighted by atomic mass is 9.96. The molecule has 7 heteroatoms. The van der Waals surface area contributed by atoms with E-state index < -0.39 is 6.04 Å². The highest BCUT2D eigenvalue weighted by Crippen LogP contribution is 2.17. The molecule has 1 aromatic rings. The van der Waals surface area contributed by atoms with E-state index in [2.05, 4.69) is 16.0 Å². The molecule has 30 heavy (non-hydrogen) atoms. The summed E-state index contributed by atoms with van der Waals surface area (Å²) in [5.41, 5.74) is 1.56. The molecule has 0 bridgehead atoms. The number of hydrogen-bond donors (Lipinski definition) is 3. The molecule has 2 aliphatic rings. The maximum atomic E-state index is 12.7. The molecular formula is C23H34N4O3. The average molecular weight is 415 g/mol. The van der Waals surface area contributed by atoms with Gasteiger partial charge in [0.2, 0.25) is 5.91 Å². The molecule has 4 amide bonds. The molecule has 1 saturated carbocycles. The number of aryl methyl sites for hydroxylation is 1. The number of carbonyl (C=O) groups is 3. The second-order valence-corrected chi connectivity index (χ2v) is 8.62. The number of nitrogens with one attached hydrogen (secondary N) is 3. The Bertz CT molecular complexity index is 753. The highest BCUT2D eigenvalue weighted by Gasteiger charge is 2.28. The number of urea groups is 1. The zero-order valence-electron chi connectivity index (χ0n) is 18.1. The third-order valence-corrected chi connectivity index (χ3v) is 6.08. The number of carbonyl (C=O) groups excluding carboxylic acids is 3. The number of likely N-dealkylation sites (tertiary alicyclic amines) is 1. The van der Waals surface area contributed by atoms with E-state index in [1.54, 1.807) is 17.9 Å². The zero-order valence-corrected chi connectivity index (χ0v) is 18.1. The van der Waals surface area contributed by atoms with Gasteiger partial charge in [-0.3, -0.25) is 9.59 Å². The van der Waals surface area contributed by atoms with Crippen LogP contribution in [0.3, 0.4) is 0 Å². The van der Waals surface area contributed by atoms with Crippen molar-refractivity contribution in [3.63, 3.8) is 0 Å². The highest BCUT2D eigenvalue weighted by atomic mass is 16.2. The van der Waals surface area contributed by atoms with Crippen LogP contribution < -0.4 is 16.0 Å². The van der Waals surface area contributed by atoms with E-state index in [4.69, 9.17) is 0 Å². The molecule has 164 valence electrons. The van der Waals surface area contributed by atoms with Gasteiger partial charge in [-0.15, -0.1) is 0 Å². The Morgan fingerprint density at radius 1 is 0.967 bits per heavy atom. The first-order valence-corrected chi connectivity index (χ1v) is 11.2. The van der Waals surface area contributed by atoms with Gasteiger partial charge in [0, 0.05) is 30.7 Å². The minimum atomic E-state index is -0.586. The van der Waals surface area contributed by atoms with Gasteiger partial charge in [0.05, 0.1) is 0 Å². The molecule has 3 N–H and O–H groups in total. The van der Waals surface area contributed by atoms with Gasteiger partial charge in [-0.25, -0.2) is 4.79 Å². The van der Waals surface area contributed by atoms with Gasteiger partial charge in [0.25, 0.3) is 5.91 Å². The summed E-state index contributed by atoms with van der Waals surface area (Å²) in [4.78, 5) is 39.1. The molecule has 1 aliphatic carbocycles. The second kappa shape index (κ2) is 10.5. The first-order valence-electron chi connectivity index (χ1n) is 11.2. The van der Waals surface area contributed by atoms with Gasteiger partial charge in [0.1, 0.15) is 6.04 Å². The minimum Gasteiger partial charge on any atom is -0.341 e. The van der Waals surface area contributed by atoms with E-state index in [-0.39, 0.29) is 23.9 Å². The lowest BCUT2D eigenvalue weighted by Crippen LogP contribution is -2.54. The van der Waals surface area contributed by atoms with Crippen molar-refractivity contribution in [1.82, 2.24) is 20.9 Å². The lowest BCUT2D eigenvalue weighted by molar-refractivity contribution is -0.133. The predicted octanol–water partition coefficient (Wildman–Crippen LogP) is 2.74. The molecule has 1 aliphatic heterocycles. The van der Waals surface area contributed by atoms with Crippen LogP contribution in [0.5, 0.6) is 0 Å². The van der Waals surface area contributed by atoms with E-state index >= 15 is 0 Å². The number of hydrogen-bond acceptors (Lipinski definition) is 3. The van der Waals surface area contributed by atoms with E-state index in [1.165, 1.54) is 19.3 Å². The van der Waals surface area contributed by atoms with Crippen molar-refractivity contribution in [3.05, 3.63) is 35.4 Å². The second-order valence-electron chi connectivity index (χ2n) is 8.62. The van der Waals surface area contributed by atoms with Crippen LogP contribution in [0, 0.1) is 6.92 Å². The van der Waals surface area contributed by atoms with Crippen LogP contribution in [0.15, 0.2) is 24.3 Å². The Kier molecular flexibility index (Phi) is 7.71. The molecule has 1 aromatic carbocycles. The largest absolute Gasteiger partial charge is 0.341 e. The first kappa shape index (κ1) is 22.1. The quantitative estimate of drug-likeness (QED) is 0.692. The Hall–Kier alpha value is -2.57. The average Bonchev–Trinajstić information content (AvgIpc) is 2.74. The summed E-state index contributed by atoms with van der Waals surface area (Å²) in [7, 11) is 0. The fourth-order valence-corrected chi connectivity index (χ4v) is 4.31. The number of piperidine rings is 1. The maximum absolute atomic E-state index is 12.7. The van der Waals surface area contributed by atoms with E-state index in [0.717, 1.165) is 31.2 Å². The summed E-state index contributed by atoms with van der Waals surface area (Å²) in [6.07, 6.45) is 7.20. The Balaban J connectivity index is 1.40. The van der Waals surface area contributed by atoms with Crippen LogP contribution in [-0.2, 0) is 4.79 Å². The standard InChI is InChI=1S/C23H34N4O3/c1-16-7-6-8-18(15-16)21(28)24-17(2)22(29)27-13-11-20(12-14-27)26-23(30)25-19-9-4-3-5-10-19/h6-8,15,17,19-20H,3-5,9-14H2,1-2H3,(H,24,28)(H2,25,26,30).